The van der Waals surface area contributed by atoms with Crippen LogP contribution in [0.25, 0.3) is 0 Å². The number of oxime groups is 1. The zero-order chi connectivity index (χ0) is 17.1. The van der Waals surface area contributed by atoms with E-state index in [0.29, 0.717) is 29.0 Å². The van der Waals surface area contributed by atoms with E-state index in [-0.39, 0.29) is 0 Å². The molecule has 1 atom stereocenters. The number of halogens is 1. The van der Waals surface area contributed by atoms with E-state index in [4.69, 9.17) is 14.3 Å². The first-order chi connectivity index (χ1) is 11.6. The number of hydrogen-bond acceptors (Lipinski definition) is 5. The average Bonchev–Trinajstić information content (AvgIpc) is 2.61. The van der Waals surface area contributed by atoms with Crippen molar-refractivity contribution in [2.24, 2.45) is 5.16 Å². The van der Waals surface area contributed by atoms with Crippen LogP contribution in [0, 0.1) is 5.82 Å². The summed E-state index contributed by atoms with van der Waals surface area (Å²) in [6.07, 6.45) is 0.0368. The Morgan fingerprint density at radius 2 is 2.08 bits per heavy atom. The number of carbonyl (C=O) groups is 1. The fourth-order valence-electron chi connectivity index (χ4n) is 2.68. The summed E-state index contributed by atoms with van der Waals surface area (Å²) >= 11 is 0. The molecule has 0 bridgehead atoms. The maximum absolute atomic E-state index is 13.5. The lowest BCUT2D eigenvalue weighted by atomic mass is 9.95. The van der Waals surface area contributed by atoms with Crippen molar-refractivity contribution in [3.05, 3.63) is 65.0 Å². The van der Waals surface area contributed by atoms with Crippen LogP contribution in [-0.4, -0.2) is 25.9 Å². The Morgan fingerprint density at radius 3 is 2.83 bits per heavy atom. The molecule has 0 unspecified atom stereocenters. The Kier molecular flexibility index (Phi) is 4.46. The monoisotopic (exact) mass is 329 g/mol. The summed E-state index contributed by atoms with van der Waals surface area (Å²) in [6.45, 7) is 0. The predicted octanol–water partition coefficient (Wildman–Crippen LogP) is 3.49. The molecule has 2 aromatic rings. The number of hydrogen-bond donors (Lipinski definition) is 0. The fraction of sp³-hybridized carbons (Fsp3) is 0.222. The average molecular weight is 329 g/mol. The van der Waals surface area contributed by atoms with Gasteiger partial charge in [0.25, 0.3) is 0 Å². The minimum absolute atomic E-state index is 0.394. The highest BCUT2D eigenvalue weighted by Gasteiger charge is 2.27. The normalized spacial score (nSPS) is 17.8. The first-order valence-corrected chi connectivity index (χ1v) is 7.37. The molecular formula is C18H16FNO4. The highest BCUT2D eigenvalue weighted by atomic mass is 19.1. The molecule has 0 saturated carbocycles. The molecule has 1 aliphatic rings. The van der Waals surface area contributed by atoms with E-state index >= 15 is 0 Å². The summed E-state index contributed by atoms with van der Waals surface area (Å²) in [5.74, 6) is -0.426. The molecule has 0 spiro atoms. The number of rotatable bonds is 3. The second kappa shape index (κ2) is 6.70. The van der Waals surface area contributed by atoms with Crippen LogP contribution in [0.2, 0.25) is 0 Å². The van der Waals surface area contributed by atoms with E-state index in [1.807, 2.05) is 6.07 Å². The molecule has 24 heavy (non-hydrogen) atoms. The van der Waals surface area contributed by atoms with E-state index in [1.54, 1.807) is 24.3 Å². The first-order valence-electron chi connectivity index (χ1n) is 7.37. The number of methoxy groups -OCH3 is 1. The topological polar surface area (TPSA) is 57.1 Å². The van der Waals surface area contributed by atoms with Crippen LogP contribution in [0.3, 0.4) is 0 Å². The van der Waals surface area contributed by atoms with Gasteiger partial charge in [-0.1, -0.05) is 17.3 Å². The van der Waals surface area contributed by atoms with E-state index in [2.05, 4.69) is 5.16 Å². The van der Waals surface area contributed by atoms with Crippen molar-refractivity contribution in [2.45, 2.75) is 12.5 Å². The maximum Gasteiger partial charge on any atom is 0.337 e. The largest absolute Gasteiger partial charge is 0.485 e. The molecule has 3 rings (SSSR count). The van der Waals surface area contributed by atoms with Gasteiger partial charge in [-0.3, -0.25) is 0 Å². The van der Waals surface area contributed by atoms with Gasteiger partial charge in [-0.25, -0.2) is 9.18 Å². The molecule has 0 fully saturated rings. The van der Waals surface area contributed by atoms with Gasteiger partial charge in [0.05, 0.1) is 18.4 Å². The number of benzene rings is 2. The predicted molar refractivity (Wildman–Crippen MR) is 85.7 cm³/mol. The highest BCUT2D eigenvalue weighted by Crippen LogP contribution is 2.36. The van der Waals surface area contributed by atoms with Crippen molar-refractivity contribution in [3.63, 3.8) is 0 Å². The van der Waals surface area contributed by atoms with Crippen LogP contribution in [0.15, 0.2) is 47.6 Å². The number of carbonyl (C=O) groups excluding carboxylic acids is 1. The van der Waals surface area contributed by atoms with Gasteiger partial charge >= 0.3 is 5.97 Å². The van der Waals surface area contributed by atoms with Crippen molar-refractivity contribution in [1.82, 2.24) is 0 Å². The zero-order valence-electron chi connectivity index (χ0n) is 13.3. The molecule has 0 radical (unpaired) electrons. The lowest BCUT2D eigenvalue weighted by molar-refractivity contribution is 0.0600. The zero-order valence-corrected chi connectivity index (χ0v) is 13.3. The van der Waals surface area contributed by atoms with E-state index in [1.165, 1.54) is 26.4 Å². The third kappa shape index (κ3) is 3.08. The van der Waals surface area contributed by atoms with Crippen molar-refractivity contribution >= 4 is 11.7 Å². The standard InChI is InChI=1S/C18H16FNO4/c1-22-18(21)12-5-3-4-11(8-12)16-10-15(20-23-2)14-7-6-13(19)9-17(14)24-16/h3-9,16H,10H2,1-2H3/t16-/m1/s1. The summed E-state index contributed by atoms with van der Waals surface area (Å²) < 4.78 is 24.2. The summed E-state index contributed by atoms with van der Waals surface area (Å²) in [5, 5.41) is 4.03. The quantitative estimate of drug-likeness (QED) is 0.639. The Labute approximate surface area is 138 Å². The number of esters is 1. The van der Waals surface area contributed by atoms with Crippen LogP contribution in [0.4, 0.5) is 4.39 Å². The van der Waals surface area contributed by atoms with E-state index < -0.39 is 17.9 Å². The van der Waals surface area contributed by atoms with Gasteiger partial charge in [0.2, 0.25) is 0 Å². The summed E-state index contributed by atoms with van der Waals surface area (Å²) in [4.78, 5) is 16.6. The van der Waals surface area contributed by atoms with Crippen molar-refractivity contribution in [2.75, 3.05) is 14.2 Å². The van der Waals surface area contributed by atoms with Crippen LogP contribution in [-0.2, 0) is 9.57 Å². The summed E-state index contributed by atoms with van der Waals surface area (Å²) in [6, 6.07) is 11.2. The number of fused-ring (bicyclic) bond motifs is 1. The SMILES string of the molecule is CON=C1C[C@H](c2cccc(C(=O)OC)c2)Oc2cc(F)ccc21. The van der Waals surface area contributed by atoms with Gasteiger partial charge in [0.15, 0.2) is 0 Å². The van der Waals surface area contributed by atoms with Crippen LogP contribution in [0.5, 0.6) is 5.75 Å². The Bertz CT molecular complexity index is 803. The molecule has 124 valence electrons. The molecule has 1 aliphatic heterocycles. The minimum atomic E-state index is -0.426. The second-order valence-corrected chi connectivity index (χ2v) is 5.29. The van der Waals surface area contributed by atoms with Gasteiger partial charge in [-0.2, -0.15) is 0 Å². The molecule has 0 aliphatic carbocycles. The van der Waals surface area contributed by atoms with Crippen molar-refractivity contribution in [1.29, 1.82) is 0 Å². The number of ether oxygens (including phenoxy) is 2. The van der Waals surface area contributed by atoms with Crippen molar-refractivity contribution < 1.29 is 23.5 Å². The van der Waals surface area contributed by atoms with Crippen LogP contribution >= 0.6 is 0 Å². The molecule has 2 aromatic carbocycles. The third-order valence-electron chi connectivity index (χ3n) is 3.78. The molecule has 0 aromatic heterocycles. The Morgan fingerprint density at radius 1 is 1.25 bits per heavy atom. The van der Waals surface area contributed by atoms with Gasteiger partial charge in [-0.15, -0.1) is 0 Å². The van der Waals surface area contributed by atoms with Crippen molar-refractivity contribution in [3.8, 4) is 5.75 Å². The van der Waals surface area contributed by atoms with Gasteiger partial charge in [0, 0.05) is 18.1 Å². The molecule has 6 heteroatoms. The van der Waals surface area contributed by atoms with Gasteiger partial charge in [0.1, 0.15) is 24.8 Å². The molecular weight excluding hydrogens is 313 g/mol. The highest BCUT2D eigenvalue weighted by molar-refractivity contribution is 6.03. The Hall–Kier alpha value is -2.89. The summed E-state index contributed by atoms with van der Waals surface area (Å²) in [7, 11) is 2.78. The summed E-state index contributed by atoms with van der Waals surface area (Å²) in [5.41, 5.74) is 2.55. The third-order valence-corrected chi connectivity index (χ3v) is 3.78. The lowest BCUT2D eigenvalue weighted by Gasteiger charge is -2.27. The fourth-order valence-corrected chi connectivity index (χ4v) is 2.68. The van der Waals surface area contributed by atoms with Crippen LogP contribution < -0.4 is 4.74 Å². The maximum atomic E-state index is 13.5. The van der Waals surface area contributed by atoms with Crippen LogP contribution in [0.1, 0.15) is 34.0 Å². The lowest BCUT2D eigenvalue weighted by Crippen LogP contribution is -2.21. The molecule has 1 heterocycles. The second-order valence-electron chi connectivity index (χ2n) is 5.29. The molecule has 0 N–H and O–H groups in total. The molecule has 0 amide bonds. The molecule has 5 nitrogen and oxygen atoms in total. The first kappa shape index (κ1) is 16.0. The minimum Gasteiger partial charge on any atom is -0.485 e. The van der Waals surface area contributed by atoms with E-state index in [9.17, 15) is 9.18 Å². The number of nitrogens with zero attached hydrogens (tertiary/aromatic N) is 1. The Balaban J connectivity index is 1.99. The van der Waals surface area contributed by atoms with E-state index in [0.717, 1.165) is 5.56 Å². The smallest absolute Gasteiger partial charge is 0.337 e. The molecule has 0 saturated heterocycles. The van der Waals surface area contributed by atoms with Gasteiger partial charge in [-0.05, 0) is 29.8 Å². The van der Waals surface area contributed by atoms with Gasteiger partial charge < -0.3 is 14.3 Å².